The summed E-state index contributed by atoms with van der Waals surface area (Å²) in [6.45, 7) is 29.6. The van der Waals surface area contributed by atoms with Gasteiger partial charge in [-0.1, -0.05) is 65.6 Å². The van der Waals surface area contributed by atoms with Crippen molar-refractivity contribution in [2.45, 2.75) is 129 Å². The molecule has 0 unspecified atom stereocenters. The standard InChI is InChI=1S/C26H28N8O2.C15H10ClN7.C14H18BN3O2.C8H6BrN3.C7H4Cl2N4.C6H11NO.2C5H12O/c1-16-14-35-10-9-34(16)23-19-3-5-20(17-2-4-21-18(12-17)13-28-24(27)30-21)29-22(19)31-25(32-23)33-8-11-36-26(15-33)6-7-26;16-14-22-12(17)9-2-4-10(20-13(9)23-14)7-1-3-11-8(5-7)6-19-15(18)21-11;1-13(2)14(3,4)20-15(19-13)10-5-6-11-9(7-10)8-17-12(16)18-11;9-6-1-2-7-5(3-6)4-11-8(10)12-7;8-4-2-1-3-5(10)12-7(9)13-6(3)11-4;1-2-6(1)5-7-3-4-8-6;2*1-3-5-6-4-2/h2-5,12-13,16H,6-11,14-15H2,1H3,(H2,27,28,30);1-6H,(H2,18,19,21)(H2,17,20,22,23);5-8H,1-4H3,(H2,16,17,18);1-4H,(H2,10,11,12);1-2H,(H2,10,11,12,13);7H,1-5H2;2*3-5H2,1-2H3/t16-;;;;;;;/m0......./s1. The third-order valence-corrected chi connectivity index (χ3v) is 22.2. The Morgan fingerprint density at radius 1 is 0.500 bits per heavy atom. The van der Waals surface area contributed by atoms with Gasteiger partial charge in [0.15, 0.2) is 16.9 Å². The molecule has 33 nitrogen and oxygen atoms in total. The van der Waals surface area contributed by atoms with Crippen molar-refractivity contribution in [2.75, 3.05) is 130 Å². The summed E-state index contributed by atoms with van der Waals surface area (Å²) < 4.78 is 40.3. The maximum atomic E-state index is 6.04. The fraction of sp³-hybridized carbons (Fsp3) is 0.384. The lowest BCUT2D eigenvalue weighted by Gasteiger charge is -2.36. The van der Waals surface area contributed by atoms with Gasteiger partial charge < -0.3 is 82.5 Å². The zero-order valence-corrected chi connectivity index (χ0v) is 74.5. The number of morpholine rings is 3. The Labute approximate surface area is 741 Å². The molecule has 10 aromatic heterocycles. The molecule has 4 aliphatic heterocycles. The second kappa shape index (κ2) is 40.9. The number of nitrogens with zero attached hydrogens (tertiary/aromatic N) is 19. The van der Waals surface area contributed by atoms with Crippen molar-refractivity contribution >= 4 is 187 Å². The van der Waals surface area contributed by atoms with E-state index >= 15 is 0 Å². The van der Waals surface area contributed by atoms with E-state index < -0.39 is 0 Å². The van der Waals surface area contributed by atoms with Crippen LogP contribution in [0.3, 0.4) is 0 Å². The number of nitrogens with one attached hydrogen (secondary N) is 1. The summed E-state index contributed by atoms with van der Waals surface area (Å²) in [5.74, 6) is 3.35. The number of benzene rings is 4. The van der Waals surface area contributed by atoms with Gasteiger partial charge in [-0.25, -0.2) is 64.8 Å². The van der Waals surface area contributed by atoms with Crippen LogP contribution in [-0.4, -0.2) is 206 Å². The number of ether oxygens (including phenoxy) is 5. The molecule has 2 spiro atoms. The van der Waals surface area contributed by atoms with E-state index in [4.69, 9.17) is 117 Å². The molecule has 6 aliphatic rings. The number of pyridine rings is 3. The molecule has 0 radical (unpaired) electrons. The fourth-order valence-electron chi connectivity index (χ4n) is 13.5. The van der Waals surface area contributed by atoms with Gasteiger partial charge in [-0.2, -0.15) is 19.9 Å². The fourth-order valence-corrected chi connectivity index (χ4v) is 14.4. The summed E-state index contributed by atoms with van der Waals surface area (Å²) in [4.78, 5) is 76.6. The van der Waals surface area contributed by atoms with Crippen LogP contribution >= 0.6 is 50.7 Å². The molecule has 2 aliphatic carbocycles. The molecule has 14 aromatic rings. The molecule has 4 aromatic carbocycles. The first kappa shape index (κ1) is 90.9. The zero-order chi connectivity index (χ0) is 87.9. The minimum Gasteiger partial charge on any atom is -0.399 e. The number of nitrogens with two attached hydrogens (primary N) is 6. The van der Waals surface area contributed by atoms with Crippen molar-refractivity contribution in [3.05, 3.63) is 154 Å². The monoisotopic (exact) mass is 1800 g/mol. The second-order valence-corrected chi connectivity index (χ2v) is 33.0. The van der Waals surface area contributed by atoms with Gasteiger partial charge in [0.1, 0.15) is 22.6 Å². The Hall–Kier alpha value is -10.8. The van der Waals surface area contributed by atoms with Crippen LogP contribution in [0.25, 0.3) is 99.2 Å². The van der Waals surface area contributed by atoms with Crippen LogP contribution in [0.2, 0.25) is 15.7 Å². The number of hydrogen-bond donors (Lipinski definition) is 7. The molecule has 6 fully saturated rings. The molecule has 648 valence electrons. The Kier molecular flexibility index (Phi) is 30.0. The highest BCUT2D eigenvalue weighted by molar-refractivity contribution is 9.10. The van der Waals surface area contributed by atoms with E-state index in [-0.39, 0.29) is 58.4 Å². The van der Waals surface area contributed by atoms with E-state index in [1.807, 2.05) is 133 Å². The average Bonchev–Trinajstić information content (AvgIpc) is 1.11. The second-order valence-electron chi connectivity index (χ2n) is 31.0. The average molecular weight is 1810 g/mol. The number of aromatic nitrogens is 17. The van der Waals surface area contributed by atoms with Crippen LogP contribution in [0.1, 0.15) is 101 Å². The molecule has 4 saturated heterocycles. The Bertz CT molecular complexity index is 5990. The summed E-state index contributed by atoms with van der Waals surface area (Å²) in [5.41, 5.74) is 42.6. The largest absolute Gasteiger partial charge is 0.494 e. The van der Waals surface area contributed by atoms with E-state index in [1.165, 1.54) is 12.8 Å². The molecule has 124 heavy (non-hydrogen) atoms. The van der Waals surface area contributed by atoms with Gasteiger partial charge in [-0.05, 0) is 201 Å². The van der Waals surface area contributed by atoms with Gasteiger partial charge >= 0.3 is 7.12 Å². The molecular formula is C86H101BBrCl3N26O7. The minimum absolute atomic E-state index is 0.0190. The quantitative estimate of drug-likeness (QED) is 0.0274. The van der Waals surface area contributed by atoms with E-state index in [2.05, 4.69) is 128 Å². The highest BCUT2D eigenvalue weighted by atomic mass is 79.9. The molecule has 0 bridgehead atoms. The molecule has 20 rings (SSSR count). The molecule has 0 amide bonds. The first-order valence-corrected chi connectivity index (χ1v) is 42.9. The number of hydrogen-bond acceptors (Lipinski definition) is 33. The van der Waals surface area contributed by atoms with Crippen molar-refractivity contribution in [3.8, 4) is 22.5 Å². The van der Waals surface area contributed by atoms with Gasteiger partial charge in [-0.15, -0.1) is 0 Å². The van der Waals surface area contributed by atoms with E-state index in [9.17, 15) is 0 Å². The Morgan fingerprint density at radius 2 is 0.976 bits per heavy atom. The van der Waals surface area contributed by atoms with Crippen LogP contribution in [0, 0.1) is 0 Å². The SMILES string of the molecule is C1COC2(CC2)CN1.CC1(C)OB(c2ccc3nc(N)ncc3c2)OC1(C)C.CCCOCC.CCCOCC.C[C@H]1COCCN1c1nc(N2CCOC3(CC3)C2)nc2nc(-c3ccc4nc(N)ncc4c3)ccc12.Nc1nc(Cl)nc2nc(Cl)ccc12.Nc1ncc2cc(-c3ccc4c(N)nc(Cl)nc4n3)ccc2n1.Nc1ncc2cc(Br)ccc2n1. The third kappa shape index (κ3) is 23.4. The van der Waals surface area contributed by atoms with E-state index in [0.29, 0.717) is 75.9 Å². The van der Waals surface area contributed by atoms with Crippen LogP contribution in [0.5, 0.6) is 0 Å². The lowest BCUT2D eigenvalue weighted by Crippen LogP contribution is -2.46. The molecule has 13 N–H and O–H groups in total. The van der Waals surface area contributed by atoms with Gasteiger partial charge in [0.2, 0.25) is 40.3 Å². The summed E-state index contributed by atoms with van der Waals surface area (Å²) in [5, 5.41) is 9.75. The third-order valence-electron chi connectivity index (χ3n) is 21.1. The number of rotatable bonds is 11. The van der Waals surface area contributed by atoms with Gasteiger partial charge in [-0.3, -0.25) is 0 Å². The van der Waals surface area contributed by atoms with Crippen molar-refractivity contribution in [3.63, 3.8) is 0 Å². The minimum atomic E-state index is -0.373. The van der Waals surface area contributed by atoms with Crippen LogP contribution in [0.4, 0.5) is 47.2 Å². The van der Waals surface area contributed by atoms with Crippen molar-refractivity contribution in [1.29, 1.82) is 0 Å². The Morgan fingerprint density at radius 3 is 1.46 bits per heavy atom. The highest BCUT2D eigenvalue weighted by Gasteiger charge is 2.52. The molecular weight excluding hydrogens is 1710 g/mol. The number of fused-ring (bicyclic) bond motifs is 7. The summed E-state index contributed by atoms with van der Waals surface area (Å²) in [6, 6.07) is 34.7. The van der Waals surface area contributed by atoms with E-state index in [0.717, 1.165) is 185 Å². The smallest absolute Gasteiger partial charge is 0.399 e. The topological polar surface area (TPSA) is 458 Å². The van der Waals surface area contributed by atoms with Crippen molar-refractivity contribution < 1.29 is 33.0 Å². The Balaban J connectivity index is 0.000000131. The predicted molar refractivity (Wildman–Crippen MR) is 495 cm³/mol. The first-order valence-electron chi connectivity index (χ1n) is 41.0. The zero-order valence-electron chi connectivity index (χ0n) is 70.6. The summed E-state index contributed by atoms with van der Waals surface area (Å²) in [7, 11) is -0.373. The molecule has 14 heterocycles. The van der Waals surface area contributed by atoms with Gasteiger partial charge in [0.25, 0.3) is 0 Å². The highest BCUT2D eigenvalue weighted by Crippen LogP contribution is 2.44. The normalized spacial score (nSPS) is 16.7. The maximum Gasteiger partial charge on any atom is 0.494 e. The number of nitrogen functional groups attached to an aromatic ring is 6. The molecule has 2 saturated carbocycles. The first-order chi connectivity index (χ1) is 59.6. The lowest BCUT2D eigenvalue weighted by molar-refractivity contribution is 0.00578. The van der Waals surface area contributed by atoms with Crippen LogP contribution in [-0.2, 0) is 33.0 Å². The number of anilines is 8. The van der Waals surface area contributed by atoms with Crippen molar-refractivity contribution in [2.24, 2.45) is 0 Å². The van der Waals surface area contributed by atoms with Crippen LogP contribution in [0.15, 0.2) is 138 Å². The van der Waals surface area contributed by atoms with E-state index in [1.54, 1.807) is 36.9 Å². The van der Waals surface area contributed by atoms with Gasteiger partial charge in [0, 0.05) is 121 Å². The molecule has 38 heteroatoms. The lowest BCUT2D eigenvalue weighted by atomic mass is 9.78. The summed E-state index contributed by atoms with van der Waals surface area (Å²) >= 11 is 20.5. The molecule has 1 atom stereocenters. The van der Waals surface area contributed by atoms with Crippen molar-refractivity contribution in [1.82, 2.24) is 90.0 Å². The van der Waals surface area contributed by atoms with Gasteiger partial charge in [0.05, 0.1) is 104 Å². The number of halogens is 4. The summed E-state index contributed by atoms with van der Waals surface area (Å²) in [6.07, 6.45) is 13.9. The predicted octanol–water partition coefficient (Wildman–Crippen LogP) is 13.7. The maximum absolute atomic E-state index is 6.04. The van der Waals surface area contributed by atoms with Crippen LogP contribution < -0.4 is 55.0 Å².